The van der Waals surface area contributed by atoms with Gasteiger partial charge in [-0.05, 0) is 85.4 Å². The van der Waals surface area contributed by atoms with Crippen LogP contribution in [0.3, 0.4) is 0 Å². The molecule has 164 valence electrons. The molecule has 0 bridgehead atoms. The Morgan fingerprint density at radius 1 is 1.07 bits per heavy atom. The van der Waals surface area contributed by atoms with Gasteiger partial charge >= 0.3 is 0 Å². The Morgan fingerprint density at radius 3 is 2.55 bits per heavy atom. The van der Waals surface area contributed by atoms with Crippen LogP contribution >= 0.6 is 0 Å². The second-order valence-electron chi connectivity index (χ2n) is 12.1. The van der Waals surface area contributed by atoms with Crippen LogP contribution in [0.4, 0.5) is 0 Å². The Hall–Kier alpha value is -0.630. The maximum Gasteiger partial charge on any atom is 0.159 e. The first-order valence-corrected chi connectivity index (χ1v) is 12.6. The van der Waals surface area contributed by atoms with Gasteiger partial charge in [0.2, 0.25) is 0 Å². The Balaban J connectivity index is 1.58. The molecule has 2 saturated carbocycles. The van der Waals surface area contributed by atoms with Gasteiger partial charge in [0.15, 0.2) is 5.78 Å². The maximum absolute atomic E-state index is 13.7. The van der Waals surface area contributed by atoms with Crippen LogP contribution in [-0.2, 0) is 4.79 Å². The highest BCUT2D eigenvalue weighted by molar-refractivity contribution is 5.99. The molecule has 0 spiro atoms. The minimum absolute atomic E-state index is 0.0339. The van der Waals surface area contributed by atoms with Crippen molar-refractivity contribution >= 4 is 5.78 Å². The molecule has 4 aliphatic rings. The molecule has 1 N–H and O–H groups in total. The van der Waals surface area contributed by atoms with Crippen molar-refractivity contribution in [1.82, 2.24) is 0 Å². The molecule has 0 aliphatic heterocycles. The third-order valence-electron chi connectivity index (χ3n) is 9.89. The smallest absolute Gasteiger partial charge is 0.159 e. The molecule has 0 heterocycles. The maximum atomic E-state index is 13.7. The fraction of sp³-hybridized carbons (Fsp3) is 0.889. The number of hydrogen-bond acceptors (Lipinski definition) is 2. The van der Waals surface area contributed by atoms with Crippen LogP contribution in [0, 0.1) is 40.4 Å². The summed E-state index contributed by atoms with van der Waals surface area (Å²) in [4.78, 5) is 13.7. The minimum Gasteiger partial charge on any atom is -0.393 e. The minimum atomic E-state index is -0.151. The first kappa shape index (κ1) is 21.6. The monoisotopic (exact) mass is 400 g/mol. The lowest BCUT2D eigenvalue weighted by Gasteiger charge is -2.54. The van der Waals surface area contributed by atoms with Crippen molar-refractivity contribution in [2.24, 2.45) is 40.4 Å². The molecule has 2 unspecified atom stereocenters. The van der Waals surface area contributed by atoms with E-state index < -0.39 is 0 Å². The first-order chi connectivity index (χ1) is 13.7. The number of carbonyl (C=O) groups excluding carboxylic acids is 1. The van der Waals surface area contributed by atoms with Crippen molar-refractivity contribution in [3.05, 3.63) is 11.1 Å². The van der Waals surface area contributed by atoms with Gasteiger partial charge in [-0.2, -0.15) is 0 Å². The van der Waals surface area contributed by atoms with E-state index in [0.717, 1.165) is 43.9 Å². The molecule has 4 rings (SSSR count). The van der Waals surface area contributed by atoms with Gasteiger partial charge in [0.1, 0.15) is 0 Å². The highest BCUT2D eigenvalue weighted by Crippen LogP contribution is 2.65. The molecule has 0 aromatic carbocycles. The summed E-state index contributed by atoms with van der Waals surface area (Å²) in [7, 11) is 0. The number of Topliss-reactive ketones (excluding diaryl/α,β-unsaturated/α-hetero) is 1. The van der Waals surface area contributed by atoms with E-state index in [0.29, 0.717) is 23.5 Å². The number of aliphatic hydroxyl groups is 1. The summed E-state index contributed by atoms with van der Waals surface area (Å²) in [5.74, 6) is 3.85. The van der Waals surface area contributed by atoms with Crippen molar-refractivity contribution < 1.29 is 9.90 Å². The van der Waals surface area contributed by atoms with Gasteiger partial charge in [-0.25, -0.2) is 0 Å². The largest absolute Gasteiger partial charge is 0.393 e. The van der Waals surface area contributed by atoms with E-state index in [1.165, 1.54) is 44.1 Å². The molecule has 0 saturated heterocycles. The normalized spacial score (nSPS) is 43.2. The number of fused-ring (bicyclic) bond motifs is 4. The molecule has 2 nitrogen and oxygen atoms in total. The molecule has 0 aromatic rings. The lowest BCUT2D eigenvalue weighted by atomic mass is 9.50. The van der Waals surface area contributed by atoms with E-state index >= 15 is 0 Å². The van der Waals surface area contributed by atoms with Crippen LogP contribution in [-0.4, -0.2) is 17.0 Å². The van der Waals surface area contributed by atoms with Crippen molar-refractivity contribution in [1.29, 1.82) is 0 Å². The second-order valence-corrected chi connectivity index (χ2v) is 12.1. The van der Waals surface area contributed by atoms with Crippen molar-refractivity contribution in [2.75, 3.05) is 0 Å². The predicted octanol–water partition coefficient (Wildman–Crippen LogP) is 6.71. The van der Waals surface area contributed by atoms with Crippen molar-refractivity contribution in [3.8, 4) is 0 Å². The Kier molecular flexibility index (Phi) is 5.82. The standard InChI is InChI=1S/C27H44O2/c1-17(2)7-6-8-18(3)22-11-12-23-21-10-9-19-15-20(28)13-14-26(19,4)25(21)24(29)16-27(22,23)5/h17-20,22-23,28H,6-16H2,1-5H3/t18-,19?,20?,22-,23+,26+,27-/m1/s1. The Morgan fingerprint density at radius 2 is 1.83 bits per heavy atom. The number of aliphatic hydroxyl groups excluding tert-OH is 1. The highest BCUT2D eigenvalue weighted by Gasteiger charge is 2.58. The summed E-state index contributed by atoms with van der Waals surface area (Å²) in [5, 5.41) is 10.2. The fourth-order valence-corrected chi connectivity index (χ4v) is 8.32. The van der Waals surface area contributed by atoms with Gasteiger partial charge in [0.05, 0.1) is 6.10 Å². The molecule has 29 heavy (non-hydrogen) atoms. The Bertz CT molecular complexity index is 676. The van der Waals surface area contributed by atoms with E-state index in [4.69, 9.17) is 0 Å². The molecular weight excluding hydrogens is 356 g/mol. The van der Waals surface area contributed by atoms with E-state index in [1.807, 2.05) is 0 Å². The fourth-order valence-electron chi connectivity index (χ4n) is 8.32. The van der Waals surface area contributed by atoms with Crippen LogP contribution in [0.15, 0.2) is 11.1 Å². The molecule has 7 atom stereocenters. The summed E-state index contributed by atoms with van der Waals surface area (Å²) in [5.41, 5.74) is 3.03. The molecule has 0 aromatic heterocycles. The van der Waals surface area contributed by atoms with Gasteiger partial charge < -0.3 is 5.11 Å². The molecule has 0 radical (unpaired) electrons. The van der Waals surface area contributed by atoms with E-state index in [9.17, 15) is 9.90 Å². The summed E-state index contributed by atoms with van der Waals surface area (Å²) in [6, 6.07) is 0. The number of allylic oxidation sites excluding steroid dienone is 2. The topological polar surface area (TPSA) is 37.3 Å². The van der Waals surface area contributed by atoms with Crippen LogP contribution in [0.2, 0.25) is 0 Å². The zero-order valence-electron chi connectivity index (χ0n) is 19.6. The van der Waals surface area contributed by atoms with Crippen LogP contribution in [0.1, 0.15) is 105 Å². The molecule has 4 aliphatic carbocycles. The number of ketones is 1. The van der Waals surface area contributed by atoms with Gasteiger partial charge in [0, 0.05) is 12.0 Å². The second kappa shape index (κ2) is 7.81. The van der Waals surface area contributed by atoms with Crippen LogP contribution < -0.4 is 0 Å². The number of carbonyl (C=O) groups is 1. The Labute approximate surface area is 178 Å². The lowest BCUT2D eigenvalue weighted by molar-refractivity contribution is -0.123. The van der Waals surface area contributed by atoms with Crippen LogP contribution in [0.25, 0.3) is 0 Å². The molecule has 2 heteroatoms. The van der Waals surface area contributed by atoms with E-state index in [-0.39, 0.29) is 16.9 Å². The van der Waals surface area contributed by atoms with Crippen molar-refractivity contribution in [3.63, 3.8) is 0 Å². The van der Waals surface area contributed by atoms with Gasteiger partial charge in [-0.1, -0.05) is 59.5 Å². The molecular formula is C27H44O2. The zero-order valence-corrected chi connectivity index (χ0v) is 19.6. The number of rotatable bonds is 5. The average Bonchev–Trinajstić information content (AvgIpc) is 2.98. The molecule has 0 amide bonds. The predicted molar refractivity (Wildman–Crippen MR) is 120 cm³/mol. The quantitative estimate of drug-likeness (QED) is 0.556. The SMILES string of the molecule is CC(C)CCC[C@@H](C)[C@H]1CC[C@H]2C3=C(C(=O)C[C@]12C)[C@@]1(C)CCC(O)CC1CC3. The third-order valence-corrected chi connectivity index (χ3v) is 9.89. The van der Waals surface area contributed by atoms with E-state index in [1.54, 1.807) is 5.57 Å². The summed E-state index contributed by atoms with van der Waals surface area (Å²) >= 11 is 0. The highest BCUT2D eigenvalue weighted by atomic mass is 16.3. The first-order valence-electron chi connectivity index (χ1n) is 12.6. The van der Waals surface area contributed by atoms with Gasteiger partial charge in [-0.15, -0.1) is 0 Å². The zero-order chi connectivity index (χ0) is 21.0. The summed E-state index contributed by atoms with van der Waals surface area (Å²) < 4.78 is 0. The summed E-state index contributed by atoms with van der Waals surface area (Å²) in [6.07, 6.45) is 12.3. The third kappa shape index (κ3) is 3.56. The van der Waals surface area contributed by atoms with Crippen LogP contribution in [0.5, 0.6) is 0 Å². The average molecular weight is 401 g/mol. The van der Waals surface area contributed by atoms with Gasteiger partial charge in [-0.3, -0.25) is 4.79 Å². The van der Waals surface area contributed by atoms with E-state index in [2.05, 4.69) is 34.6 Å². The van der Waals surface area contributed by atoms with Gasteiger partial charge in [0.25, 0.3) is 0 Å². The number of hydrogen-bond donors (Lipinski definition) is 1. The lowest BCUT2D eigenvalue weighted by Crippen LogP contribution is -2.48. The van der Waals surface area contributed by atoms with Crippen molar-refractivity contribution in [2.45, 2.75) is 111 Å². The molecule has 2 fully saturated rings. The summed E-state index contributed by atoms with van der Waals surface area (Å²) in [6.45, 7) is 11.9.